The first-order valence-corrected chi connectivity index (χ1v) is 4.31. The molecule has 1 heterocycles. The van der Waals surface area contributed by atoms with E-state index < -0.39 is 18.5 Å². The Balaban J connectivity index is 2.41. The second-order valence-electron chi connectivity index (χ2n) is 3.02. The number of hydrogen-bond acceptors (Lipinski definition) is 1. The van der Waals surface area contributed by atoms with Crippen LogP contribution in [-0.4, -0.2) is 35.4 Å². The highest BCUT2D eigenvalue weighted by Gasteiger charge is 2.35. The molecule has 0 N–H and O–H groups in total. The van der Waals surface area contributed by atoms with Crippen LogP contribution in [0.15, 0.2) is 0 Å². The second-order valence-corrected chi connectivity index (χ2v) is 3.63. The van der Waals surface area contributed by atoms with Crippen LogP contribution in [0.5, 0.6) is 0 Å². The van der Waals surface area contributed by atoms with E-state index in [-0.39, 0.29) is 11.9 Å². The van der Waals surface area contributed by atoms with Crippen LogP contribution in [-0.2, 0) is 4.79 Å². The highest BCUT2D eigenvalue weighted by atomic mass is 35.5. The van der Waals surface area contributed by atoms with Gasteiger partial charge in [0.1, 0.15) is 6.42 Å². The van der Waals surface area contributed by atoms with Crippen molar-refractivity contribution in [2.75, 3.05) is 13.1 Å². The average Bonchev–Trinajstić information content (AvgIpc) is 2.31. The highest BCUT2D eigenvalue weighted by molar-refractivity contribution is 6.21. The fraction of sp³-hybridized carbons (Fsp3) is 0.857. The molecule has 0 aliphatic carbocycles. The topological polar surface area (TPSA) is 20.3 Å². The number of nitrogens with zero attached hydrogens (tertiary/aromatic N) is 1. The molecule has 0 radical (unpaired) electrons. The third kappa shape index (κ3) is 3.42. The number of carbonyl (C=O) groups excluding carboxylic acids is 1. The lowest BCUT2D eigenvalue weighted by Crippen LogP contribution is -2.32. The molecule has 0 spiro atoms. The molecule has 13 heavy (non-hydrogen) atoms. The minimum Gasteiger partial charge on any atom is -0.341 e. The number of hydrogen-bond donors (Lipinski definition) is 0. The van der Waals surface area contributed by atoms with Gasteiger partial charge in [0, 0.05) is 13.1 Å². The molecule has 1 unspecified atom stereocenters. The van der Waals surface area contributed by atoms with Crippen molar-refractivity contribution in [1.29, 1.82) is 0 Å². The first kappa shape index (κ1) is 10.6. The summed E-state index contributed by atoms with van der Waals surface area (Å²) in [5, 5.41) is -0.197. The molecule has 0 aromatic carbocycles. The molecule has 0 saturated carbocycles. The standard InChI is InChI=1S/C7H9ClF3NO/c8-5-1-2-12(4-5)6(13)3-7(9,10)11/h5H,1-4H2. The molecule has 1 aliphatic heterocycles. The molecule has 1 aliphatic rings. The van der Waals surface area contributed by atoms with Gasteiger partial charge in [0.15, 0.2) is 0 Å². The lowest BCUT2D eigenvalue weighted by molar-refractivity contribution is -0.160. The van der Waals surface area contributed by atoms with Crippen LogP contribution in [0.2, 0.25) is 0 Å². The maximum Gasteiger partial charge on any atom is 0.397 e. The third-order valence-electron chi connectivity index (χ3n) is 1.84. The van der Waals surface area contributed by atoms with Crippen molar-refractivity contribution < 1.29 is 18.0 Å². The molecule has 1 saturated heterocycles. The van der Waals surface area contributed by atoms with Gasteiger partial charge in [0.05, 0.1) is 5.38 Å². The van der Waals surface area contributed by atoms with E-state index in [1.165, 1.54) is 0 Å². The number of alkyl halides is 4. The fourth-order valence-corrected chi connectivity index (χ4v) is 1.49. The van der Waals surface area contributed by atoms with Gasteiger partial charge in [-0.15, -0.1) is 11.6 Å². The van der Waals surface area contributed by atoms with Gasteiger partial charge in [-0.3, -0.25) is 4.79 Å². The van der Waals surface area contributed by atoms with Gasteiger partial charge >= 0.3 is 6.18 Å². The van der Waals surface area contributed by atoms with Crippen LogP contribution in [0.4, 0.5) is 13.2 Å². The summed E-state index contributed by atoms with van der Waals surface area (Å²) >= 11 is 5.65. The molecule has 0 aromatic heterocycles. The molecule has 1 amide bonds. The van der Waals surface area contributed by atoms with Gasteiger partial charge in [0.2, 0.25) is 5.91 Å². The van der Waals surface area contributed by atoms with Crippen molar-refractivity contribution in [3.8, 4) is 0 Å². The third-order valence-corrected chi connectivity index (χ3v) is 2.19. The lowest BCUT2D eigenvalue weighted by atomic mass is 10.3. The fourth-order valence-electron chi connectivity index (χ4n) is 1.23. The predicted octanol–water partition coefficient (Wildman–Crippen LogP) is 1.78. The number of likely N-dealkylation sites (tertiary alicyclic amines) is 1. The molecule has 2 nitrogen and oxygen atoms in total. The quantitative estimate of drug-likeness (QED) is 0.611. The zero-order valence-electron chi connectivity index (χ0n) is 6.77. The second kappa shape index (κ2) is 3.74. The van der Waals surface area contributed by atoms with Crippen LogP contribution >= 0.6 is 11.6 Å². The van der Waals surface area contributed by atoms with Crippen molar-refractivity contribution in [1.82, 2.24) is 4.90 Å². The molecule has 1 rings (SSSR count). The van der Waals surface area contributed by atoms with E-state index >= 15 is 0 Å². The summed E-state index contributed by atoms with van der Waals surface area (Å²) in [6, 6.07) is 0. The van der Waals surface area contributed by atoms with E-state index in [0.29, 0.717) is 13.0 Å². The summed E-state index contributed by atoms with van der Waals surface area (Å²) in [7, 11) is 0. The van der Waals surface area contributed by atoms with Crippen molar-refractivity contribution in [2.24, 2.45) is 0 Å². The Kier molecular flexibility index (Phi) is 3.05. The Hall–Kier alpha value is -0.450. The van der Waals surface area contributed by atoms with E-state index in [1.807, 2.05) is 0 Å². The van der Waals surface area contributed by atoms with Gasteiger partial charge in [-0.1, -0.05) is 0 Å². The molecule has 1 fully saturated rings. The van der Waals surface area contributed by atoms with E-state index in [2.05, 4.69) is 0 Å². The number of rotatable bonds is 1. The largest absolute Gasteiger partial charge is 0.397 e. The van der Waals surface area contributed by atoms with Crippen molar-refractivity contribution in [3.63, 3.8) is 0 Å². The van der Waals surface area contributed by atoms with Crippen LogP contribution in [0.1, 0.15) is 12.8 Å². The van der Waals surface area contributed by atoms with E-state index in [0.717, 1.165) is 4.90 Å². The van der Waals surface area contributed by atoms with Crippen molar-refractivity contribution in [3.05, 3.63) is 0 Å². The van der Waals surface area contributed by atoms with Gasteiger partial charge in [-0.25, -0.2) is 0 Å². The van der Waals surface area contributed by atoms with Gasteiger partial charge in [0.25, 0.3) is 0 Å². The summed E-state index contributed by atoms with van der Waals surface area (Å²) in [5.74, 6) is -0.879. The zero-order chi connectivity index (χ0) is 10.1. The first-order chi connectivity index (χ1) is 5.88. The zero-order valence-corrected chi connectivity index (χ0v) is 7.53. The van der Waals surface area contributed by atoms with E-state index in [1.54, 1.807) is 0 Å². The van der Waals surface area contributed by atoms with Gasteiger partial charge in [-0.2, -0.15) is 13.2 Å². The van der Waals surface area contributed by atoms with E-state index in [9.17, 15) is 18.0 Å². The predicted molar refractivity (Wildman–Crippen MR) is 41.5 cm³/mol. The molecule has 1 atom stereocenters. The van der Waals surface area contributed by atoms with Gasteiger partial charge in [-0.05, 0) is 6.42 Å². The van der Waals surface area contributed by atoms with Crippen molar-refractivity contribution >= 4 is 17.5 Å². The number of carbonyl (C=O) groups is 1. The SMILES string of the molecule is O=C(CC(F)(F)F)N1CCC(Cl)C1. The molecule has 76 valence electrons. The van der Waals surface area contributed by atoms with Crippen LogP contribution in [0.25, 0.3) is 0 Å². The van der Waals surface area contributed by atoms with Crippen molar-refractivity contribution in [2.45, 2.75) is 24.4 Å². The molecule has 0 aromatic rings. The summed E-state index contributed by atoms with van der Waals surface area (Å²) in [6.07, 6.45) is -5.22. The number of halogens is 4. The Morgan fingerprint density at radius 1 is 1.54 bits per heavy atom. The lowest BCUT2D eigenvalue weighted by Gasteiger charge is -2.16. The average molecular weight is 216 g/mol. The molecular formula is C7H9ClF3NO. The number of amides is 1. The highest BCUT2D eigenvalue weighted by Crippen LogP contribution is 2.23. The van der Waals surface area contributed by atoms with E-state index in [4.69, 9.17) is 11.6 Å². The Bertz CT molecular complexity index is 206. The van der Waals surface area contributed by atoms with Crippen LogP contribution in [0, 0.1) is 0 Å². The minimum atomic E-state index is -4.42. The monoisotopic (exact) mass is 215 g/mol. The molecular weight excluding hydrogens is 207 g/mol. The summed E-state index contributed by atoms with van der Waals surface area (Å²) in [5.41, 5.74) is 0. The van der Waals surface area contributed by atoms with Crippen LogP contribution < -0.4 is 0 Å². The summed E-state index contributed by atoms with van der Waals surface area (Å²) < 4.78 is 35.3. The van der Waals surface area contributed by atoms with Gasteiger partial charge < -0.3 is 4.90 Å². The first-order valence-electron chi connectivity index (χ1n) is 3.87. The smallest absolute Gasteiger partial charge is 0.341 e. The molecule has 6 heteroatoms. The van der Waals surface area contributed by atoms with Crippen LogP contribution in [0.3, 0.4) is 0 Å². The molecule has 0 bridgehead atoms. The maximum atomic E-state index is 11.8. The Labute approximate surface area is 78.6 Å². The normalized spacial score (nSPS) is 23.7. The minimum absolute atomic E-state index is 0.197. The summed E-state index contributed by atoms with van der Waals surface area (Å²) in [4.78, 5) is 12.1. The summed E-state index contributed by atoms with van der Waals surface area (Å²) in [6.45, 7) is 0.569. The maximum absolute atomic E-state index is 11.8. The Morgan fingerprint density at radius 3 is 2.54 bits per heavy atom. The Morgan fingerprint density at radius 2 is 2.15 bits per heavy atom.